The van der Waals surface area contributed by atoms with E-state index in [0.29, 0.717) is 0 Å². The fraction of sp³-hybridized carbons (Fsp3) is 0.0938. The number of hydrogen-bond acceptors (Lipinski definition) is 5. The average molecular weight is 690 g/mol. The van der Waals surface area contributed by atoms with Crippen molar-refractivity contribution in [2.75, 3.05) is 0 Å². The van der Waals surface area contributed by atoms with Crippen LogP contribution in [-0.4, -0.2) is 15.0 Å². The van der Waals surface area contributed by atoms with Crippen molar-refractivity contribution in [1.82, 2.24) is 15.0 Å². The fourth-order valence-electron chi connectivity index (χ4n) is 4.33. The van der Waals surface area contributed by atoms with Crippen LogP contribution in [0, 0.1) is 32.9 Å². The zero-order valence-electron chi connectivity index (χ0n) is 21.1. The molecule has 0 spiro atoms. The quantitative estimate of drug-likeness (QED) is 0.171. The van der Waals surface area contributed by atoms with Crippen LogP contribution in [0.1, 0.15) is 16.1 Å². The van der Waals surface area contributed by atoms with Crippen LogP contribution in [0.15, 0.2) is 89.6 Å². The Kier molecular flexibility index (Phi) is 7.48. The predicted octanol–water partition coefficient (Wildman–Crippen LogP) is 8.53. The molecule has 4 aromatic heterocycles. The van der Waals surface area contributed by atoms with Crippen LogP contribution in [0.25, 0.3) is 54.7 Å². The molecule has 7 rings (SSSR count). The van der Waals surface area contributed by atoms with Gasteiger partial charge in [0, 0.05) is 37.9 Å². The Balaban J connectivity index is 0.000000191. The number of thiazole rings is 1. The summed E-state index contributed by atoms with van der Waals surface area (Å²) in [6, 6.07) is 30.5. The van der Waals surface area contributed by atoms with Gasteiger partial charge in [-0.3, -0.25) is 0 Å². The van der Waals surface area contributed by atoms with Crippen LogP contribution >= 0.6 is 11.3 Å². The first kappa shape index (κ1) is 25.9. The third-order valence-corrected chi connectivity index (χ3v) is 7.28. The van der Waals surface area contributed by atoms with Crippen LogP contribution < -0.4 is 0 Å². The first-order valence-electron chi connectivity index (χ1n) is 12.0. The third-order valence-electron chi connectivity index (χ3n) is 6.34. The van der Waals surface area contributed by atoms with Gasteiger partial charge in [-0.15, -0.1) is 65.4 Å². The molecular weight excluding hydrogens is 667 g/mol. The standard InChI is InChI=1S/C21H15N2OS.C11H8N.Ir/c1-11-9-17(22-10-12(11)2)16-6-4-5-14-15-7-8-18-19(23-13(3)25-18)21(15)24-20(14)16;1-2-6-10(7-3-1)11-8-4-5-9-12-11;/h4-5,7-10H,1-3H3;1-6,8-9H;/q2*-1;. The van der Waals surface area contributed by atoms with E-state index in [1.165, 1.54) is 11.1 Å². The normalized spacial score (nSPS) is 10.8. The average Bonchev–Trinajstić information content (AvgIpc) is 3.51. The van der Waals surface area contributed by atoms with Crippen molar-refractivity contribution in [2.45, 2.75) is 20.8 Å². The van der Waals surface area contributed by atoms with Gasteiger partial charge in [-0.05, 0) is 49.9 Å². The molecule has 0 bridgehead atoms. The molecule has 0 unspecified atom stereocenters. The number of rotatable bonds is 2. The van der Waals surface area contributed by atoms with Gasteiger partial charge in [0.25, 0.3) is 0 Å². The molecule has 1 radical (unpaired) electrons. The van der Waals surface area contributed by atoms with Gasteiger partial charge in [-0.1, -0.05) is 40.8 Å². The van der Waals surface area contributed by atoms with Gasteiger partial charge in [-0.25, -0.2) is 4.98 Å². The zero-order chi connectivity index (χ0) is 25.4. The van der Waals surface area contributed by atoms with E-state index in [1.807, 2.05) is 61.7 Å². The van der Waals surface area contributed by atoms with Crippen molar-refractivity contribution in [1.29, 1.82) is 0 Å². The monoisotopic (exact) mass is 690 g/mol. The van der Waals surface area contributed by atoms with Crippen molar-refractivity contribution in [3.05, 3.63) is 113 Å². The number of aromatic nitrogens is 3. The Morgan fingerprint density at radius 1 is 0.763 bits per heavy atom. The summed E-state index contributed by atoms with van der Waals surface area (Å²) >= 11 is 1.69. The van der Waals surface area contributed by atoms with Crippen LogP contribution in [0.5, 0.6) is 0 Å². The summed E-state index contributed by atoms with van der Waals surface area (Å²) in [5, 5.41) is 3.22. The minimum absolute atomic E-state index is 0. The first-order valence-corrected chi connectivity index (χ1v) is 12.8. The fourth-order valence-corrected chi connectivity index (χ4v) is 5.15. The van der Waals surface area contributed by atoms with Crippen LogP contribution in [0.2, 0.25) is 0 Å². The molecule has 4 heterocycles. The van der Waals surface area contributed by atoms with Crippen molar-refractivity contribution in [3.63, 3.8) is 0 Å². The molecule has 6 heteroatoms. The Morgan fingerprint density at radius 2 is 1.61 bits per heavy atom. The predicted molar refractivity (Wildman–Crippen MR) is 152 cm³/mol. The summed E-state index contributed by atoms with van der Waals surface area (Å²) in [5.74, 6) is 0. The van der Waals surface area contributed by atoms with Gasteiger partial charge in [0.1, 0.15) is 11.1 Å². The van der Waals surface area contributed by atoms with E-state index in [4.69, 9.17) is 4.42 Å². The molecule has 0 aliphatic heterocycles. The molecule has 0 saturated carbocycles. The largest absolute Gasteiger partial charge is 0.498 e. The van der Waals surface area contributed by atoms with Crippen molar-refractivity contribution >= 4 is 43.5 Å². The molecule has 7 aromatic rings. The maximum absolute atomic E-state index is 6.31. The Morgan fingerprint density at radius 3 is 2.37 bits per heavy atom. The smallest absolute Gasteiger partial charge is 0.148 e. The third kappa shape index (κ3) is 4.91. The van der Waals surface area contributed by atoms with E-state index in [-0.39, 0.29) is 20.1 Å². The van der Waals surface area contributed by atoms with Crippen molar-refractivity contribution < 1.29 is 24.5 Å². The maximum atomic E-state index is 6.31. The van der Waals surface area contributed by atoms with E-state index in [1.54, 1.807) is 17.5 Å². The minimum Gasteiger partial charge on any atom is -0.498 e. The first-order chi connectivity index (χ1) is 18.1. The molecular formula is C32H23IrN3OS-2. The van der Waals surface area contributed by atoms with Gasteiger partial charge in [0.2, 0.25) is 0 Å². The number of pyridine rings is 2. The summed E-state index contributed by atoms with van der Waals surface area (Å²) in [5.41, 5.74) is 8.80. The van der Waals surface area contributed by atoms with Crippen molar-refractivity contribution in [2.24, 2.45) is 0 Å². The van der Waals surface area contributed by atoms with Gasteiger partial charge >= 0.3 is 0 Å². The second-order valence-corrected chi connectivity index (χ2v) is 10.1. The number of hydrogen-bond donors (Lipinski definition) is 0. The summed E-state index contributed by atoms with van der Waals surface area (Å²) in [6.45, 7) is 6.19. The van der Waals surface area contributed by atoms with Gasteiger partial charge in [0.15, 0.2) is 0 Å². The summed E-state index contributed by atoms with van der Waals surface area (Å²) in [6.07, 6.45) is 3.69. The van der Waals surface area contributed by atoms with E-state index < -0.39 is 0 Å². The Labute approximate surface area is 238 Å². The Hall–Kier alpha value is -3.70. The Bertz CT molecular complexity index is 1820. The summed E-state index contributed by atoms with van der Waals surface area (Å²) in [7, 11) is 0. The van der Waals surface area contributed by atoms with Gasteiger partial charge < -0.3 is 14.4 Å². The van der Waals surface area contributed by atoms with E-state index >= 15 is 0 Å². The molecule has 0 aliphatic carbocycles. The van der Waals surface area contributed by atoms with Crippen molar-refractivity contribution in [3.8, 4) is 22.5 Å². The van der Waals surface area contributed by atoms with Crippen LogP contribution in [-0.2, 0) is 20.1 Å². The van der Waals surface area contributed by atoms with Gasteiger partial charge in [-0.2, -0.15) is 0 Å². The molecule has 189 valence electrons. The molecule has 0 N–H and O–H groups in total. The summed E-state index contributed by atoms with van der Waals surface area (Å²) in [4.78, 5) is 13.5. The topological polar surface area (TPSA) is 51.8 Å². The molecule has 0 fully saturated rings. The molecule has 0 saturated heterocycles. The second kappa shape index (κ2) is 11.0. The number of nitrogens with zero attached hydrogens (tertiary/aromatic N) is 3. The second-order valence-electron chi connectivity index (χ2n) is 8.86. The SMILES string of the molecule is Cc1nc2c(ccc3c4cc[c-]c(-c5cc(C)c(C)cn5)c4oc32)s1.[Ir].[c-]1ccccc1-c1ccccn1. The molecule has 3 aromatic carbocycles. The van der Waals surface area contributed by atoms with E-state index in [0.717, 1.165) is 59.7 Å². The number of fused-ring (bicyclic) bond motifs is 5. The molecule has 0 atom stereocenters. The van der Waals surface area contributed by atoms with E-state index in [2.05, 4.69) is 65.2 Å². The maximum Gasteiger partial charge on any atom is 0.148 e. The number of benzene rings is 3. The number of furan rings is 1. The molecule has 0 aliphatic rings. The van der Waals surface area contributed by atoms with Crippen LogP contribution in [0.4, 0.5) is 0 Å². The van der Waals surface area contributed by atoms with E-state index in [9.17, 15) is 0 Å². The number of aryl methyl sites for hydroxylation is 3. The molecule has 38 heavy (non-hydrogen) atoms. The van der Waals surface area contributed by atoms with Crippen LogP contribution in [0.3, 0.4) is 0 Å². The molecule has 4 nitrogen and oxygen atoms in total. The van der Waals surface area contributed by atoms with Gasteiger partial charge in [0.05, 0.1) is 15.3 Å². The minimum atomic E-state index is 0. The summed E-state index contributed by atoms with van der Waals surface area (Å²) < 4.78 is 7.46. The zero-order valence-corrected chi connectivity index (χ0v) is 24.3. The molecule has 0 amide bonds.